The molecule has 2 aromatic carbocycles. The third-order valence-corrected chi connectivity index (χ3v) is 5.31. The van der Waals surface area contributed by atoms with Crippen molar-refractivity contribution in [2.75, 3.05) is 26.2 Å². The molecule has 28 heavy (non-hydrogen) atoms. The van der Waals surface area contributed by atoms with Gasteiger partial charge in [0.1, 0.15) is 11.6 Å². The summed E-state index contributed by atoms with van der Waals surface area (Å²) < 4.78 is 27.6. The van der Waals surface area contributed by atoms with Gasteiger partial charge in [-0.15, -0.1) is 0 Å². The normalized spacial score (nSPS) is 17.1. The van der Waals surface area contributed by atoms with Crippen LogP contribution in [0.4, 0.5) is 8.78 Å². The zero-order chi connectivity index (χ0) is 19.9. The number of nitrogens with zero attached hydrogens (tertiary/aromatic N) is 2. The maximum absolute atomic E-state index is 13.9. The van der Waals surface area contributed by atoms with Crippen LogP contribution in [-0.2, 0) is 17.9 Å². The summed E-state index contributed by atoms with van der Waals surface area (Å²) in [6.07, 6.45) is 0.916. The molecule has 0 bridgehead atoms. The summed E-state index contributed by atoms with van der Waals surface area (Å²) in [5.74, 6) is -0.593. The molecule has 0 radical (unpaired) electrons. The van der Waals surface area contributed by atoms with Crippen LogP contribution in [-0.4, -0.2) is 47.9 Å². The van der Waals surface area contributed by atoms with E-state index >= 15 is 0 Å². The molecule has 0 saturated carbocycles. The second-order valence-corrected chi connectivity index (χ2v) is 7.24. The predicted molar refractivity (Wildman–Crippen MR) is 106 cm³/mol. The average Bonchev–Trinajstić information content (AvgIpc) is 2.94. The van der Waals surface area contributed by atoms with Gasteiger partial charge >= 0.3 is 0 Å². The van der Waals surface area contributed by atoms with Gasteiger partial charge < -0.3 is 5.32 Å². The number of hydrogen-bond donors (Lipinski definition) is 1. The topological polar surface area (TPSA) is 35.6 Å². The highest BCUT2D eigenvalue weighted by molar-refractivity contribution is 5.81. The number of hydrogen-bond acceptors (Lipinski definition) is 3. The van der Waals surface area contributed by atoms with E-state index in [2.05, 4.69) is 15.1 Å². The fraction of sp³-hybridized carbons (Fsp3) is 0.409. The van der Waals surface area contributed by atoms with Gasteiger partial charge in [0.2, 0.25) is 5.91 Å². The minimum absolute atomic E-state index is 0.106. The largest absolute Gasteiger partial charge is 0.351 e. The lowest BCUT2D eigenvalue weighted by atomic mass is 10.2. The Balaban J connectivity index is 1.50. The van der Waals surface area contributed by atoms with Crippen LogP contribution in [0.3, 0.4) is 0 Å². The van der Waals surface area contributed by atoms with Crippen molar-refractivity contribution < 1.29 is 13.6 Å². The van der Waals surface area contributed by atoms with Crippen molar-refractivity contribution in [3.05, 3.63) is 71.3 Å². The van der Waals surface area contributed by atoms with Crippen molar-refractivity contribution in [2.24, 2.45) is 0 Å². The van der Waals surface area contributed by atoms with Crippen LogP contribution in [0.15, 0.2) is 48.5 Å². The first kappa shape index (κ1) is 20.4. The lowest BCUT2D eigenvalue weighted by molar-refractivity contribution is -0.126. The Morgan fingerprint density at radius 3 is 2.29 bits per heavy atom. The number of nitrogens with one attached hydrogen (secondary N) is 1. The number of carbonyl (C=O) groups is 1. The molecule has 1 aliphatic heterocycles. The van der Waals surface area contributed by atoms with Gasteiger partial charge in [-0.2, -0.15) is 0 Å². The predicted octanol–water partition coefficient (Wildman–Crippen LogP) is 3.18. The highest BCUT2D eigenvalue weighted by Gasteiger charge is 2.24. The molecule has 6 heteroatoms. The Kier molecular flexibility index (Phi) is 7.12. The molecule has 150 valence electrons. The van der Waals surface area contributed by atoms with Gasteiger partial charge in [0.25, 0.3) is 0 Å². The first-order valence-electron chi connectivity index (χ1n) is 9.75. The molecule has 0 aliphatic carbocycles. The van der Waals surface area contributed by atoms with Crippen LogP contribution in [0.2, 0.25) is 0 Å². The van der Waals surface area contributed by atoms with Crippen LogP contribution < -0.4 is 5.32 Å². The van der Waals surface area contributed by atoms with Crippen LogP contribution >= 0.6 is 0 Å². The quantitative estimate of drug-likeness (QED) is 0.827. The van der Waals surface area contributed by atoms with Crippen LogP contribution in [0, 0.1) is 11.6 Å². The molecule has 1 saturated heterocycles. The lowest BCUT2D eigenvalue weighted by Crippen LogP contribution is -2.46. The fourth-order valence-corrected chi connectivity index (χ4v) is 3.54. The number of halogens is 2. The van der Waals surface area contributed by atoms with E-state index in [9.17, 15) is 13.6 Å². The van der Waals surface area contributed by atoms with Gasteiger partial charge in [-0.3, -0.25) is 14.6 Å². The molecule has 1 aliphatic rings. The van der Waals surface area contributed by atoms with Gasteiger partial charge in [0, 0.05) is 43.9 Å². The van der Waals surface area contributed by atoms with Crippen molar-refractivity contribution in [1.82, 2.24) is 15.1 Å². The molecule has 4 nitrogen and oxygen atoms in total. The standard InChI is InChI=1S/C22H27F2N3O/c1-17(22(28)25-15-18-7-2-4-9-20(18)23)27-12-6-11-26(13-14-27)16-19-8-3-5-10-21(19)24/h2-5,7-10,17H,6,11-16H2,1H3,(H,25,28). The third kappa shape index (κ3) is 5.36. The number of benzene rings is 2. The molecule has 1 unspecified atom stereocenters. The van der Waals surface area contributed by atoms with Gasteiger partial charge in [-0.25, -0.2) is 8.78 Å². The highest BCUT2D eigenvalue weighted by atomic mass is 19.1. The minimum Gasteiger partial charge on any atom is -0.351 e. The molecule has 0 spiro atoms. The van der Waals surface area contributed by atoms with E-state index in [1.807, 2.05) is 19.1 Å². The zero-order valence-electron chi connectivity index (χ0n) is 16.2. The van der Waals surface area contributed by atoms with Crippen LogP contribution in [0.1, 0.15) is 24.5 Å². The summed E-state index contributed by atoms with van der Waals surface area (Å²) in [6, 6.07) is 13.0. The van der Waals surface area contributed by atoms with E-state index in [4.69, 9.17) is 0 Å². The lowest BCUT2D eigenvalue weighted by Gasteiger charge is -2.27. The first-order valence-corrected chi connectivity index (χ1v) is 9.75. The molecular formula is C22H27F2N3O. The summed E-state index contributed by atoms with van der Waals surface area (Å²) in [5.41, 5.74) is 1.18. The average molecular weight is 387 g/mol. The van der Waals surface area contributed by atoms with Crippen molar-refractivity contribution in [1.29, 1.82) is 0 Å². The smallest absolute Gasteiger partial charge is 0.237 e. The van der Waals surface area contributed by atoms with Crippen molar-refractivity contribution in [3.8, 4) is 0 Å². The Morgan fingerprint density at radius 1 is 0.964 bits per heavy atom. The number of rotatable bonds is 6. The van der Waals surface area contributed by atoms with E-state index in [0.29, 0.717) is 17.7 Å². The Morgan fingerprint density at radius 2 is 1.61 bits per heavy atom. The molecule has 0 aromatic heterocycles. The summed E-state index contributed by atoms with van der Waals surface area (Å²) in [5, 5.41) is 2.83. The third-order valence-electron chi connectivity index (χ3n) is 5.31. The number of carbonyl (C=O) groups excluding carboxylic acids is 1. The summed E-state index contributed by atoms with van der Waals surface area (Å²) >= 11 is 0. The molecule has 1 amide bonds. The Bertz CT molecular complexity index is 799. The SMILES string of the molecule is CC(C(=O)NCc1ccccc1F)N1CCCN(Cc2ccccc2F)CC1. The zero-order valence-corrected chi connectivity index (χ0v) is 16.2. The monoisotopic (exact) mass is 387 g/mol. The van der Waals surface area contributed by atoms with Crippen molar-refractivity contribution in [3.63, 3.8) is 0 Å². The fourth-order valence-electron chi connectivity index (χ4n) is 3.54. The summed E-state index contributed by atoms with van der Waals surface area (Å²) in [4.78, 5) is 16.9. The van der Waals surface area contributed by atoms with Crippen molar-refractivity contribution >= 4 is 5.91 Å². The van der Waals surface area contributed by atoms with Gasteiger partial charge in [-0.1, -0.05) is 36.4 Å². The van der Waals surface area contributed by atoms with Crippen LogP contribution in [0.5, 0.6) is 0 Å². The molecule has 1 N–H and O–H groups in total. The molecule has 3 rings (SSSR count). The summed E-state index contributed by atoms with van der Waals surface area (Å²) in [6.45, 7) is 5.83. The highest BCUT2D eigenvalue weighted by Crippen LogP contribution is 2.14. The van der Waals surface area contributed by atoms with Crippen molar-refractivity contribution in [2.45, 2.75) is 32.5 Å². The molecule has 1 heterocycles. The van der Waals surface area contributed by atoms with E-state index in [0.717, 1.165) is 32.6 Å². The molecule has 2 aromatic rings. The van der Waals surface area contributed by atoms with E-state index in [1.165, 1.54) is 12.1 Å². The first-order chi connectivity index (χ1) is 13.5. The summed E-state index contributed by atoms with van der Waals surface area (Å²) in [7, 11) is 0. The number of amides is 1. The second-order valence-electron chi connectivity index (χ2n) is 7.24. The maximum atomic E-state index is 13.9. The van der Waals surface area contributed by atoms with Gasteiger partial charge in [-0.05, 0) is 32.0 Å². The van der Waals surface area contributed by atoms with Gasteiger partial charge in [0.05, 0.1) is 6.04 Å². The minimum atomic E-state index is -0.311. The van der Waals surface area contributed by atoms with E-state index in [1.54, 1.807) is 24.3 Å². The maximum Gasteiger partial charge on any atom is 0.237 e. The molecular weight excluding hydrogens is 360 g/mol. The second kappa shape index (κ2) is 9.75. The van der Waals surface area contributed by atoms with E-state index in [-0.39, 0.29) is 30.1 Å². The Hall–Kier alpha value is -2.31. The molecule has 1 fully saturated rings. The van der Waals surface area contributed by atoms with Gasteiger partial charge in [0.15, 0.2) is 0 Å². The van der Waals surface area contributed by atoms with Crippen LogP contribution in [0.25, 0.3) is 0 Å². The molecule has 1 atom stereocenters. The Labute approximate surface area is 165 Å². The van der Waals surface area contributed by atoms with E-state index < -0.39 is 0 Å².